The Kier molecular flexibility index (Phi) is 3.67. The van der Waals surface area contributed by atoms with Gasteiger partial charge in [0.05, 0.1) is 0 Å². The Balaban J connectivity index is 2.94. The quantitative estimate of drug-likeness (QED) is 0.570. The molecule has 16 heavy (non-hydrogen) atoms. The van der Waals surface area contributed by atoms with Crippen LogP contribution >= 0.6 is 0 Å². The van der Waals surface area contributed by atoms with Crippen molar-refractivity contribution in [2.24, 2.45) is 4.99 Å². The van der Waals surface area contributed by atoms with Crippen LogP contribution in [0.4, 0.5) is 0 Å². The van der Waals surface area contributed by atoms with Crippen molar-refractivity contribution >= 4 is 11.8 Å². The number of hydrogen-bond donors (Lipinski definition) is 0. The van der Waals surface area contributed by atoms with Crippen LogP contribution in [-0.2, 0) is 0 Å². The van der Waals surface area contributed by atoms with Gasteiger partial charge in [-0.15, -0.1) is 0 Å². The molecule has 4 heteroatoms. The van der Waals surface area contributed by atoms with E-state index in [0.29, 0.717) is 11.4 Å². The van der Waals surface area contributed by atoms with E-state index in [-0.39, 0.29) is 5.70 Å². The molecule has 80 valence electrons. The monoisotopic (exact) mass is 212 g/mol. The van der Waals surface area contributed by atoms with Crippen LogP contribution in [0.15, 0.2) is 30.0 Å². The first-order chi connectivity index (χ1) is 7.54. The van der Waals surface area contributed by atoms with Crippen LogP contribution in [0.2, 0.25) is 0 Å². The molecule has 0 radical (unpaired) electrons. The highest BCUT2D eigenvalue weighted by molar-refractivity contribution is 6.09. The summed E-state index contributed by atoms with van der Waals surface area (Å²) in [6, 6.07) is 1.83. The Morgan fingerprint density at radius 1 is 1.50 bits per heavy atom. The molecule has 0 amide bonds. The molecule has 1 heterocycles. The van der Waals surface area contributed by atoms with Crippen LogP contribution in [0.1, 0.15) is 17.1 Å². The zero-order valence-electron chi connectivity index (χ0n) is 9.36. The minimum Gasteiger partial charge on any atom is -0.246 e. The fraction of sp³-hybridized carbons (Fsp3) is 0.167. The maximum atomic E-state index is 8.49. The van der Waals surface area contributed by atoms with E-state index in [2.05, 4.69) is 28.1 Å². The van der Waals surface area contributed by atoms with Gasteiger partial charge in [-0.3, -0.25) is 0 Å². The fourth-order valence-electron chi connectivity index (χ4n) is 1.15. The van der Waals surface area contributed by atoms with Gasteiger partial charge in [-0.05, 0) is 19.4 Å². The van der Waals surface area contributed by atoms with E-state index >= 15 is 0 Å². The molecule has 0 aliphatic carbocycles. The lowest BCUT2D eigenvalue weighted by Crippen LogP contribution is -1.97. The van der Waals surface area contributed by atoms with Crippen molar-refractivity contribution in [2.75, 3.05) is 0 Å². The number of hydrogen-bond acceptors (Lipinski definition) is 4. The third-order valence-corrected chi connectivity index (χ3v) is 1.95. The van der Waals surface area contributed by atoms with Crippen molar-refractivity contribution in [1.29, 1.82) is 5.26 Å². The third kappa shape index (κ3) is 2.85. The van der Waals surface area contributed by atoms with E-state index in [4.69, 9.17) is 5.26 Å². The largest absolute Gasteiger partial charge is 0.246 e. The molecule has 0 fully saturated rings. The van der Waals surface area contributed by atoms with Crippen molar-refractivity contribution in [3.63, 3.8) is 0 Å². The lowest BCUT2D eigenvalue weighted by Gasteiger charge is -2.03. The summed E-state index contributed by atoms with van der Waals surface area (Å²) in [5.41, 5.74) is 2.47. The SMILES string of the molecule is C=C(C#N)N=CC(=C)c1cnc(C)nc1C. The lowest BCUT2D eigenvalue weighted by atomic mass is 10.1. The molecule has 0 atom stereocenters. The van der Waals surface area contributed by atoms with Gasteiger partial charge in [0.25, 0.3) is 0 Å². The molecule has 0 saturated heterocycles. The van der Waals surface area contributed by atoms with Crippen LogP contribution in [0.3, 0.4) is 0 Å². The lowest BCUT2D eigenvalue weighted by molar-refractivity contribution is 1.00. The highest BCUT2D eigenvalue weighted by Crippen LogP contribution is 2.13. The fourth-order valence-corrected chi connectivity index (χ4v) is 1.15. The van der Waals surface area contributed by atoms with Crippen LogP contribution in [0.25, 0.3) is 5.57 Å². The number of aromatic nitrogens is 2. The molecule has 0 spiro atoms. The van der Waals surface area contributed by atoms with Crippen LogP contribution in [0, 0.1) is 25.2 Å². The topological polar surface area (TPSA) is 61.9 Å². The van der Waals surface area contributed by atoms with Gasteiger partial charge in [-0.25, -0.2) is 15.0 Å². The summed E-state index contributed by atoms with van der Waals surface area (Å²) in [6.07, 6.45) is 3.19. The van der Waals surface area contributed by atoms with E-state index in [1.165, 1.54) is 6.21 Å². The number of aryl methyl sites for hydroxylation is 2. The molecule has 0 N–H and O–H groups in total. The Labute approximate surface area is 94.7 Å². The van der Waals surface area contributed by atoms with E-state index < -0.39 is 0 Å². The molecule has 0 bridgehead atoms. The Morgan fingerprint density at radius 2 is 2.19 bits per heavy atom. The molecule has 0 aromatic carbocycles. The summed E-state index contributed by atoms with van der Waals surface area (Å²) < 4.78 is 0. The predicted molar refractivity (Wildman–Crippen MR) is 63.8 cm³/mol. The highest BCUT2D eigenvalue weighted by Gasteiger charge is 2.03. The average Bonchev–Trinajstić information content (AvgIpc) is 2.25. The molecule has 1 aromatic rings. The Hall–Kier alpha value is -2.28. The maximum absolute atomic E-state index is 8.49. The van der Waals surface area contributed by atoms with Gasteiger partial charge >= 0.3 is 0 Å². The second kappa shape index (κ2) is 4.99. The number of allylic oxidation sites excluding steroid dienone is 2. The highest BCUT2D eigenvalue weighted by atomic mass is 14.9. The van der Waals surface area contributed by atoms with Crippen molar-refractivity contribution in [1.82, 2.24) is 9.97 Å². The summed E-state index contributed by atoms with van der Waals surface area (Å²) in [7, 11) is 0. The van der Waals surface area contributed by atoms with Gasteiger partial charge < -0.3 is 0 Å². The molecule has 1 aromatic heterocycles. The van der Waals surface area contributed by atoms with Gasteiger partial charge in [-0.1, -0.05) is 13.2 Å². The summed E-state index contributed by atoms with van der Waals surface area (Å²) in [6.45, 7) is 11.0. The number of aliphatic imine (C=N–C) groups is 1. The first-order valence-electron chi connectivity index (χ1n) is 4.67. The molecule has 4 nitrogen and oxygen atoms in total. The summed E-state index contributed by atoms with van der Waals surface area (Å²) >= 11 is 0. The van der Waals surface area contributed by atoms with Crippen molar-refractivity contribution < 1.29 is 0 Å². The standard InChI is InChI=1S/C12H12N4/c1-8(6-14-9(2)5-13)12-7-15-11(4)16-10(12)3/h6-7H,1-2H2,3-4H3. The third-order valence-electron chi connectivity index (χ3n) is 1.95. The summed E-state index contributed by atoms with van der Waals surface area (Å²) in [4.78, 5) is 12.2. The molecule has 0 unspecified atom stereocenters. The molecule has 1 rings (SSSR count). The normalized spacial score (nSPS) is 10.1. The molecular weight excluding hydrogens is 200 g/mol. The minimum absolute atomic E-state index is 0.145. The van der Waals surface area contributed by atoms with E-state index in [9.17, 15) is 0 Å². The van der Waals surface area contributed by atoms with Gasteiger partial charge in [-0.2, -0.15) is 5.26 Å². The molecule has 0 aliphatic heterocycles. The van der Waals surface area contributed by atoms with E-state index in [1.54, 1.807) is 6.20 Å². The zero-order chi connectivity index (χ0) is 12.1. The van der Waals surface area contributed by atoms with Gasteiger partial charge in [0.1, 0.15) is 17.6 Å². The molecule has 0 saturated carbocycles. The second-order valence-corrected chi connectivity index (χ2v) is 3.26. The number of nitriles is 1. The maximum Gasteiger partial charge on any atom is 0.133 e. The predicted octanol–water partition coefficient (Wildman–Crippen LogP) is 2.21. The molecular formula is C12H12N4. The smallest absolute Gasteiger partial charge is 0.133 e. The van der Waals surface area contributed by atoms with Crippen molar-refractivity contribution in [3.05, 3.63) is 42.1 Å². The van der Waals surface area contributed by atoms with Crippen LogP contribution < -0.4 is 0 Å². The van der Waals surface area contributed by atoms with Gasteiger partial charge in [0.2, 0.25) is 0 Å². The zero-order valence-corrected chi connectivity index (χ0v) is 9.36. The van der Waals surface area contributed by atoms with Crippen LogP contribution in [-0.4, -0.2) is 16.2 Å². The summed E-state index contributed by atoms with van der Waals surface area (Å²) in [5, 5.41) is 8.49. The van der Waals surface area contributed by atoms with Gasteiger partial charge in [0, 0.05) is 23.7 Å². The first kappa shape index (κ1) is 11.8. The minimum atomic E-state index is 0.145. The van der Waals surface area contributed by atoms with Crippen molar-refractivity contribution in [3.8, 4) is 6.07 Å². The first-order valence-corrected chi connectivity index (χ1v) is 4.67. The van der Waals surface area contributed by atoms with E-state index in [1.807, 2.05) is 19.9 Å². The summed E-state index contributed by atoms with van der Waals surface area (Å²) in [5.74, 6) is 0.715. The Morgan fingerprint density at radius 3 is 2.75 bits per heavy atom. The number of rotatable bonds is 3. The van der Waals surface area contributed by atoms with E-state index in [0.717, 1.165) is 11.3 Å². The van der Waals surface area contributed by atoms with Crippen LogP contribution in [0.5, 0.6) is 0 Å². The second-order valence-electron chi connectivity index (χ2n) is 3.26. The number of nitrogens with zero attached hydrogens (tertiary/aromatic N) is 4. The Bertz CT molecular complexity index is 506. The molecule has 0 aliphatic rings. The average molecular weight is 212 g/mol. The van der Waals surface area contributed by atoms with Gasteiger partial charge in [0.15, 0.2) is 0 Å². The van der Waals surface area contributed by atoms with Crippen molar-refractivity contribution in [2.45, 2.75) is 13.8 Å².